The van der Waals surface area contributed by atoms with Crippen LogP contribution >= 0.6 is 11.6 Å². The minimum atomic E-state index is -0.935. The fraction of sp³-hybridized carbons (Fsp3) is 0.0455. The molecule has 0 bridgehead atoms. The largest absolute Gasteiger partial charge is 0.507 e. The van der Waals surface area contributed by atoms with Crippen molar-refractivity contribution in [1.82, 2.24) is 4.98 Å². The van der Waals surface area contributed by atoms with E-state index >= 15 is 0 Å². The van der Waals surface area contributed by atoms with Gasteiger partial charge >= 0.3 is 0 Å². The lowest BCUT2D eigenvalue weighted by Crippen LogP contribution is -2.29. The first-order valence-corrected chi connectivity index (χ1v) is 9.07. The zero-order valence-corrected chi connectivity index (χ0v) is 15.7. The van der Waals surface area contributed by atoms with E-state index in [1.807, 2.05) is 0 Å². The van der Waals surface area contributed by atoms with Crippen LogP contribution in [0.2, 0.25) is 5.02 Å². The summed E-state index contributed by atoms with van der Waals surface area (Å²) in [5.74, 6) is -2.43. The number of nitrogens with zero attached hydrogens (tertiary/aromatic N) is 2. The Morgan fingerprint density at radius 3 is 2.34 bits per heavy atom. The third-order valence-electron chi connectivity index (χ3n) is 4.67. The second kappa shape index (κ2) is 7.48. The molecule has 5 nitrogen and oxygen atoms in total. The molecule has 2 heterocycles. The van der Waals surface area contributed by atoms with Gasteiger partial charge in [0.05, 0.1) is 23.5 Å². The number of hydrogen-bond acceptors (Lipinski definition) is 4. The van der Waals surface area contributed by atoms with Crippen molar-refractivity contribution in [2.24, 2.45) is 0 Å². The number of Topliss-reactive ketones (excluding diaryl/α,β-unsaturated/α-hetero) is 1. The number of anilines is 1. The summed E-state index contributed by atoms with van der Waals surface area (Å²) >= 11 is 5.90. The molecule has 7 heteroatoms. The standard InChI is InChI=1S/C22H14ClFN2O3/c23-15-7-3-14(4-8-15)20(27)18-19(13-5-9-16(24)10-6-13)26(22(29)21(18)28)17-2-1-11-25-12-17/h1-12,19,27H/b20-18+. The summed E-state index contributed by atoms with van der Waals surface area (Å²) < 4.78 is 13.5. The van der Waals surface area contributed by atoms with Crippen LogP contribution in [0.1, 0.15) is 17.2 Å². The van der Waals surface area contributed by atoms with E-state index in [4.69, 9.17) is 11.6 Å². The molecule has 1 N–H and O–H groups in total. The molecule has 0 spiro atoms. The number of pyridine rings is 1. The quantitative estimate of drug-likeness (QED) is 0.393. The van der Waals surface area contributed by atoms with E-state index in [0.717, 1.165) is 0 Å². The Hall–Kier alpha value is -3.51. The minimum Gasteiger partial charge on any atom is -0.507 e. The summed E-state index contributed by atoms with van der Waals surface area (Å²) in [7, 11) is 0. The Kier molecular flexibility index (Phi) is 4.86. The highest BCUT2D eigenvalue weighted by atomic mass is 35.5. The lowest BCUT2D eigenvalue weighted by Gasteiger charge is -2.25. The topological polar surface area (TPSA) is 70.5 Å². The van der Waals surface area contributed by atoms with Gasteiger partial charge in [0.2, 0.25) is 0 Å². The molecule has 29 heavy (non-hydrogen) atoms. The number of rotatable bonds is 3. The van der Waals surface area contributed by atoms with Crippen LogP contribution in [-0.2, 0) is 9.59 Å². The number of amides is 1. The Labute approximate surface area is 170 Å². The second-order valence-corrected chi connectivity index (χ2v) is 6.88. The molecule has 1 aromatic heterocycles. The number of hydrogen-bond donors (Lipinski definition) is 1. The smallest absolute Gasteiger partial charge is 0.300 e. The van der Waals surface area contributed by atoms with Crippen LogP contribution in [0.3, 0.4) is 0 Å². The first kappa shape index (κ1) is 18.8. The predicted molar refractivity (Wildman–Crippen MR) is 107 cm³/mol. The molecule has 1 saturated heterocycles. The van der Waals surface area contributed by atoms with Crippen molar-refractivity contribution in [1.29, 1.82) is 0 Å². The SMILES string of the molecule is O=C1C(=O)N(c2cccnc2)C(c2ccc(F)cc2)/C1=C(\O)c1ccc(Cl)cc1. The summed E-state index contributed by atoms with van der Waals surface area (Å²) in [6, 6.07) is 14.0. The van der Waals surface area contributed by atoms with Gasteiger partial charge in [-0.25, -0.2) is 4.39 Å². The van der Waals surface area contributed by atoms with Crippen LogP contribution < -0.4 is 4.90 Å². The van der Waals surface area contributed by atoms with Crippen LogP contribution in [0.5, 0.6) is 0 Å². The average Bonchev–Trinajstić information content (AvgIpc) is 3.00. The zero-order valence-electron chi connectivity index (χ0n) is 14.9. The summed E-state index contributed by atoms with van der Waals surface area (Å²) in [5.41, 5.74) is 1.11. The van der Waals surface area contributed by atoms with Crippen molar-refractivity contribution < 1.29 is 19.1 Å². The van der Waals surface area contributed by atoms with Gasteiger partial charge in [-0.2, -0.15) is 0 Å². The van der Waals surface area contributed by atoms with E-state index in [1.54, 1.807) is 42.6 Å². The Morgan fingerprint density at radius 2 is 1.72 bits per heavy atom. The van der Waals surface area contributed by atoms with Crippen molar-refractivity contribution in [2.75, 3.05) is 4.90 Å². The zero-order chi connectivity index (χ0) is 20.5. The van der Waals surface area contributed by atoms with E-state index < -0.39 is 23.5 Å². The van der Waals surface area contributed by atoms with Crippen LogP contribution in [0.25, 0.3) is 5.76 Å². The molecule has 1 aliphatic rings. The molecular formula is C22H14ClFN2O3. The summed E-state index contributed by atoms with van der Waals surface area (Å²) in [6.07, 6.45) is 2.99. The number of ketones is 1. The molecular weight excluding hydrogens is 395 g/mol. The highest BCUT2D eigenvalue weighted by Gasteiger charge is 2.47. The summed E-state index contributed by atoms with van der Waals surface area (Å²) in [6.45, 7) is 0. The lowest BCUT2D eigenvalue weighted by molar-refractivity contribution is -0.132. The maximum atomic E-state index is 13.5. The maximum absolute atomic E-state index is 13.5. The van der Waals surface area contributed by atoms with Crippen LogP contribution in [0, 0.1) is 5.82 Å². The highest BCUT2D eigenvalue weighted by Crippen LogP contribution is 2.41. The van der Waals surface area contributed by atoms with Gasteiger partial charge in [0, 0.05) is 16.8 Å². The number of carbonyl (C=O) groups excluding carboxylic acids is 2. The van der Waals surface area contributed by atoms with Gasteiger partial charge in [-0.05, 0) is 54.1 Å². The Balaban J connectivity index is 1.94. The number of aliphatic hydroxyl groups excluding tert-OH is 1. The van der Waals surface area contributed by atoms with Crippen molar-refractivity contribution >= 4 is 34.7 Å². The molecule has 2 aromatic carbocycles. The first-order valence-electron chi connectivity index (χ1n) is 8.70. The average molecular weight is 409 g/mol. The van der Waals surface area contributed by atoms with Gasteiger partial charge in [0.1, 0.15) is 11.6 Å². The monoisotopic (exact) mass is 408 g/mol. The van der Waals surface area contributed by atoms with Crippen molar-refractivity contribution in [3.63, 3.8) is 0 Å². The van der Waals surface area contributed by atoms with Crippen LogP contribution in [0.4, 0.5) is 10.1 Å². The Morgan fingerprint density at radius 1 is 1.03 bits per heavy atom. The third-order valence-corrected chi connectivity index (χ3v) is 4.92. The van der Waals surface area contributed by atoms with E-state index in [2.05, 4.69) is 4.98 Å². The van der Waals surface area contributed by atoms with Crippen LogP contribution in [-0.4, -0.2) is 21.8 Å². The summed E-state index contributed by atoms with van der Waals surface area (Å²) in [4.78, 5) is 31.0. The molecule has 1 aliphatic heterocycles. The lowest BCUT2D eigenvalue weighted by atomic mass is 9.95. The number of aliphatic hydroxyl groups is 1. The number of aromatic nitrogens is 1. The fourth-order valence-electron chi connectivity index (χ4n) is 3.32. The van der Waals surface area contributed by atoms with E-state index in [-0.39, 0.29) is 11.3 Å². The van der Waals surface area contributed by atoms with Gasteiger partial charge in [0.15, 0.2) is 0 Å². The summed E-state index contributed by atoms with van der Waals surface area (Å²) in [5, 5.41) is 11.4. The fourth-order valence-corrected chi connectivity index (χ4v) is 3.44. The molecule has 1 unspecified atom stereocenters. The first-order chi connectivity index (χ1) is 14.0. The third kappa shape index (κ3) is 3.39. The maximum Gasteiger partial charge on any atom is 0.300 e. The van der Waals surface area contributed by atoms with Crippen LogP contribution in [0.15, 0.2) is 78.6 Å². The normalized spacial score (nSPS) is 18.3. The second-order valence-electron chi connectivity index (χ2n) is 6.44. The van der Waals surface area contributed by atoms with Gasteiger partial charge in [-0.15, -0.1) is 0 Å². The van der Waals surface area contributed by atoms with E-state index in [9.17, 15) is 19.1 Å². The number of halogens is 2. The van der Waals surface area contributed by atoms with E-state index in [0.29, 0.717) is 21.8 Å². The molecule has 0 saturated carbocycles. The highest BCUT2D eigenvalue weighted by molar-refractivity contribution is 6.51. The van der Waals surface area contributed by atoms with Gasteiger partial charge in [0.25, 0.3) is 11.7 Å². The molecule has 1 amide bonds. The van der Waals surface area contributed by atoms with Crippen molar-refractivity contribution in [3.05, 3.63) is 101 Å². The number of benzene rings is 2. The van der Waals surface area contributed by atoms with Gasteiger partial charge in [-0.3, -0.25) is 19.5 Å². The molecule has 3 aromatic rings. The minimum absolute atomic E-state index is 0.0900. The van der Waals surface area contributed by atoms with Crippen molar-refractivity contribution in [2.45, 2.75) is 6.04 Å². The molecule has 4 rings (SSSR count). The number of carbonyl (C=O) groups is 2. The molecule has 1 atom stereocenters. The predicted octanol–water partition coefficient (Wildman–Crippen LogP) is 4.50. The van der Waals surface area contributed by atoms with E-state index in [1.165, 1.54) is 35.4 Å². The Bertz CT molecular complexity index is 1110. The van der Waals surface area contributed by atoms with Crippen molar-refractivity contribution in [3.8, 4) is 0 Å². The van der Waals surface area contributed by atoms with Gasteiger partial charge < -0.3 is 5.11 Å². The molecule has 0 aliphatic carbocycles. The van der Waals surface area contributed by atoms with Gasteiger partial charge in [-0.1, -0.05) is 23.7 Å². The molecule has 1 fully saturated rings. The molecule has 144 valence electrons. The molecule has 0 radical (unpaired) electrons.